The molecule has 2 N–H and O–H groups in total. The van der Waals surface area contributed by atoms with Crippen LogP contribution in [0, 0.1) is 5.41 Å². The van der Waals surface area contributed by atoms with Gasteiger partial charge in [-0.05, 0) is 19.3 Å². The molecule has 6 nitrogen and oxygen atoms in total. The van der Waals surface area contributed by atoms with Crippen molar-refractivity contribution in [2.75, 3.05) is 13.1 Å². The summed E-state index contributed by atoms with van der Waals surface area (Å²) in [5, 5.41) is 12.2. The highest BCUT2D eigenvalue weighted by atomic mass is 32.1. The summed E-state index contributed by atoms with van der Waals surface area (Å²) in [6, 6.07) is -0.197. The molecule has 0 aromatic carbocycles. The minimum Gasteiger partial charge on any atom is -0.481 e. The molecule has 1 fully saturated rings. The SMILES string of the molecule is CCC1(C(=O)O)CCCN(C(=O)NCc2cncs2)C1. The lowest BCUT2D eigenvalue weighted by Gasteiger charge is -2.39. The van der Waals surface area contributed by atoms with Crippen molar-refractivity contribution in [2.24, 2.45) is 5.41 Å². The van der Waals surface area contributed by atoms with Gasteiger partial charge in [-0.25, -0.2) is 4.79 Å². The van der Waals surface area contributed by atoms with E-state index in [4.69, 9.17) is 0 Å². The summed E-state index contributed by atoms with van der Waals surface area (Å²) in [7, 11) is 0. The lowest BCUT2D eigenvalue weighted by Crippen LogP contribution is -2.52. The van der Waals surface area contributed by atoms with Crippen molar-refractivity contribution >= 4 is 23.3 Å². The van der Waals surface area contributed by atoms with Crippen LogP contribution >= 0.6 is 11.3 Å². The molecule has 1 aromatic heterocycles. The second-order valence-corrected chi connectivity index (χ2v) is 6.06. The molecule has 0 radical (unpaired) electrons. The predicted molar refractivity (Wildman–Crippen MR) is 75.5 cm³/mol. The Labute approximate surface area is 121 Å². The average Bonchev–Trinajstić information content (AvgIpc) is 2.97. The van der Waals surface area contributed by atoms with Crippen LogP contribution in [0.1, 0.15) is 31.1 Å². The molecule has 0 spiro atoms. The molecule has 1 aliphatic heterocycles. The minimum absolute atomic E-state index is 0.197. The van der Waals surface area contributed by atoms with Gasteiger partial charge in [0.05, 0.1) is 17.5 Å². The molecule has 0 aliphatic carbocycles. The van der Waals surface area contributed by atoms with Crippen molar-refractivity contribution < 1.29 is 14.7 Å². The van der Waals surface area contributed by atoms with Gasteiger partial charge in [0.1, 0.15) is 0 Å². The van der Waals surface area contributed by atoms with Crippen molar-refractivity contribution in [3.05, 3.63) is 16.6 Å². The van der Waals surface area contributed by atoms with E-state index in [2.05, 4.69) is 10.3 Å². The van der Waals surface area contributed by atoms with Crippen LogP contribution in [0.2, 0.25) is 0 Å². The Morgan fingerprint density at radius 1 is 1.60 bits per heavy atom. The number of carboxylic acid groups (broad SMARTS) is 1. The second kappa shape index (κ2) is 6.21. The summed E-state index contributed by atoms with van der Waals surface area (Å²) in [5.74, 6) is -0.806. The topological polar surface area (TPSA) is 82.5 Å². The van der Waals surface area contributed by atoms with E-state index in [1.807, 2.05) is 6.92 Å². The summed E-state index contributed by atoms with van der Waals surface area (Å²) in [4.78, 5) is 30.1. The van der Waals surface area contributed by atoms with Gasteiger partial charge in [-0.3, -0.25) is 9.78 Å². The Morgan fingerprint density at radius 2 is 2.40 bits per heavy atom. The largest absolute Gasteiger partial charge is 0.481 e. The van der Waals surface area contributed by atoms with Crippen LogP contribution in [0.5, 0.6) is 0 Å². The first-order chi connectivity index (χ1) is 9.57. The van der Waals surface area contributed by atoms with E-state index in [-0.39, 0.29) is 12.6 Å². The molecule has 20 heavy (non-hydrogen) atoms. The van der Waals surface area contributed by atoms with Gasteiger partial charge in [-0.2, -0.15) is 0 Å². The fraction of sp³-hybridized carbons (Fsp3) is 0.615. The number of carbonyl (C=O) groups excluding carboxylic acids is 1. The highest BCUT2D eigenvalue weighted by molar-refractivity contribution is 7.09. The number of aliphatic carboxylic acids is 1. The van der Waals surface area contributed by atoms with E-state index in [1.165, 1.54) is 11.3 Å². The van der Waals surface area contributed by atoms with Crippen LogP contribution < -0.4 is 5.32 Å². The molecule has 1 unspecified atom stereocenters. The summed E-state index contributed by atoms with van der Waals surface area (Å²) in [6.45, 7) is 3.20. The van der Waals surface area contributed by atoms with E-state index in [1.54, 1.807) is 16.6 Å². The molecule has 1 aliphatic rings. The Hall–Kier alpha value is -1.63. The highest BCUT2D eigenvalue weighted by Crippen LogP contribution is 2.33. The number of carboxylic acids is 1. The number of urea groups is 1. The number of aromatic nitrogens is 1. The Kier molecular flexibility index (Phi) is 4.59. The summed E-state index contributed by atoms with van der Waals surface area (Å²) < 4.78 is 0. The second-order valence-electron chi connectivity index (χ2n) is 5.09. The van der Waals surface area contributed by atoms with Gasteiger partial charge in [0.25, 0.3) is 0 Å². The van der Waals surface area contributed by atoms with Crippen LogP contribution in [0.3, 0.4) is 0 Å². The van der Waals surface area contributed by atoms with Gasteiger partial charge in [-0.15, -0.1) is 11.3 Å². The number of amides is 2. The number of hydrogen-bond acceptors (Lipinski definition) is 4. The smallest absolute Gasteiger partial charge is 0.317 e. The standard InChI is InChI=1S/C13H19N3O3S/c1-2-13(11(17)18)4-3-5-16(8-13)12(19)15-7-10-6-14-9-20-10/h6,9H,2-5,7-8H2,1H3,(H,15,19)(H,17,18). The van der Waals surface area contributed by atoms with Crippen LogP contribution in [-0.2, 0) is 11.3 Å². The fourth-order valence-electron chi connectivity index (χ4n) is 2.52. The molecule has 2 rings (SSSR count). The molecule has 1 aromatic rings. The highest BCUT2D eigenvalue weighted by Gasteiger charge is 2.42. The number of rotatable bonds is 4. The lowest BCUT2D eigenvalue weighted by atomic mass is 9.78. The number of likely N-dealkylation sites (tertiary alicyclic amines) is 1. The van der Waals surface area contributed by atoms with Gasteiger partial charge < -0.3 is 15.3 Å². The first-order valence-electron chi connectivity index (χ1n) is 6.71. The van der Waals surface area contributed by atoms with Crippen molar-refractivity contribution in [1.29, 1.82) is 0 Å². The fourth-order valence-corrected chi connectivity index (χ4v) is 3.06. The zero-order valence-electron chi connectivity index (χ0n) is 11.5. The van der Waals surface area contributed by atoms with Crippen molar-refractivity contribution in [1.82, 2.24) is 15.2 Å². The quantitative estimate of drug-likeness (QED) is 0.889. The number of nitrogens with one attached hydrogen (secondary N) is 1. The van der Waals surface area contributed by atoms with Crippen molar-refractivity contribution in [2.45, 2.75) is 32.7 Å². The van der Waals surface area contributed by atoms with Gasteiger partial charge in [0.15, 0.2) is 0 Å². The Bertz CT molecular complexity index is 477. The predicted octanol–water partition coefficient (Wildman–Crippen LogP) is 1.93. The number of carbonyl (C=O) groups is 2. The third-order valence-electron chi connectivity index (χ3n) is 3.89. The average molecular weight is 297 g/mol. The van der Waals surface area contributed by atoms with Crippen LogP contribution in [-0.4, -0.2) is 40.1 Å². The molecular weight excluding hydrogens is 278 g/mol. The normalized spacial score (nSPS) is 22.6. The summed E-state index contributed by atoms with van der Waals surface area (Å²) in [6.07, 6.45) is 3.63. The number of thiazole rings is 1. The summed E-state index contributed by atoms with van der Waals surface area (Å²) in [5.41, 5.74) is 0.926. The maximum Gasteiger partial charge on any atom is 0.317 e. The number of nitrogens with zero attached hydrogens (tertiary/aromatic N) is 2. The zero-order chi connectivity index (χ0) is 14.6. The van der Waals surface area contributed by atoms with Crippen LogP contribution in [0.15, 0.2) is 11.7 Å². The maximum absolute atomic E-state index is 12.1. The van der Waals surface area contributed by atoms with Crippen molar-refractivity contribution in [3.63, 3.8) is 0 Å². The van der Waals surface area contributed by atoms with Crippen LogP contribution in [0.4, 0.5) is 4.79 Å². The maximum atomic E-state index is 12.1. The lowest BCUT2D eigenvalue weighted by molar-refractivity contribution is -0.152. The molecule has 1 saturated heterocycles. The zero-order valence-corrected chi connectivity index (χ0v) is 12.3. The Morgan fingerprint density at radius 3 is 3.00 bits per heavy atom. The van der Waals surface area contributed by atoms with Crippen LogP contribution in [0.25, 0.3) is 0 Å². The first kappa shape index (κ1) is 14.8. The van der Waals surface area contributed by atoms with Gasteiger partial charge in [0, 0.05) is 24.2 Å². The molecule has 1 atom stereocenters. The molecule has 7 heteroatoms. The van der Waals surface area contributed by atoms with E-state index in [9.17, 15) is 14.7 Å². The molecular formula is C13H19N3O3S. The number of piperidine rings is 1. The molecule has 2 heterocycles. The first-order valence-corrected chi connectivity index (χ1v) is 7.59. The van der Waals surface area contributed by atoms with E-state index >= 15 is 0 Å². The molecule has 0 bridgehead atoms. The monoisotopic (exact) mass is 297 g/mol. The van der Waals surface area contributed by atoms with Gasteiger partial charge >= 0.3 is 12.0 Å². The Balaban J connectivity index is 1.94. The van der Waals surface area contributed by atoms with Crippen molar-refractivity contribution in [3.8, 4) is 0 Å². The van der Waals surface area contributed by atoms with E-state index in [0.717, 1.165) is 11.3 Å². The molecule has 0 saturated carbocycles. The molecule has 110 valence electrons. The third kappa shape index (κ3) is 3.09. The number of hydrogen-bond donors (Lipinski definition) is 2. The minimum atomic E-state index is -0.806. The van der Waals surface area contributed by atoms with E-state index < -0.39 is 11.4 Å². The molecule has 2 amide bonds. The summed E-state index contributed by atoms with van der Waals surface area (Å²) >= 11 is 1.48. The van der Waals surface area contributed by atoms with E-state index in [0.29, 0.717) is 25.9 Å². The van der Waals surface area contributed by atoms with Gasteiger partial charge in [0.2, 0.25) is 0 Å². The van der Waals surface area contributed by atoms with Gasteiger partial charge in [-0.1, -0.05) is 6.92 Å². The third-order valence-corrected chi connectivity index (χ3v) is 4.67.